The first-order valence-corrected chi connectivity index (χ1v) is 6.24. The molecule has 1 atom stereocenters. The summed E-state index contributed by atoms with van der Waals surface area (Å²) in [5, 5.41) is 12.0. The summed E-state index contributed by atoms with van der Waals surface area (Å²) in [6, 6.07) is 5.45. The van der Waals surface area contributed by atoms with Gasteiger partial charge in [-0.3, -0.25) is 0 Å². The molecular formula is C12H11NO3S. The standard InChI is InChI=1S/C12H11NO3S/c14-12(9-6-17-7-13-9)8-1-2-10-11(5-8)16-4-3-15-10/h1-2,5-7,12,14H,3-4H2. The molecule has 2 aromatic rings. The van der Waals surface area contributed by atoms with Crippen LogP contribution in [0.5, 0.6) is 11.5 Å². The highest BCUT2D eigenvalue weighted by Crippen LogP contribution is 2.34. The Hall–Kier alpha value is -1.59. The van der Waals surface area contributed by atoms with Gasteiger partial charge in [0.05, 0.1) is 11.2 Å². The summed E-state index contributed by atoms with van der Waals surface area (Å²) in [6.07, 6.45) is -0.711. The molecule has 17 heavy (non-hydrogen) atoms. The maximum Gasteiger partial charge on any atom is 0.161 e. The van der Waals surface area contributed by atoms with Crippen LogP contribution in [0.15, 0.2) is 29.1 Å². The van der Waals surface area contributed by atoms with E-state index in [4.69, 9.17) is 9.47 Å². The Balaban J connectivity index is 1.93. The highest BCUT2D eigenvalue weighted by Gasteiger charge is 2.17. The third-order valence-corrected chi connectivity index (χ3v) is 3.22. The summed E-state index contributed by atoms with van der Waals surface area (Å²) in [7, 11) is 0. The normalized spacial score (nSPS) is 15.6. The number of fused-ring (bicyclic) bond motifs is 1. The number of aliphatic hydroxyl groups excluding tert-OH is 1. The monoisotopic (exact) mass is 249 g/mol. The Morgan fingerprint density at radius 2 is 2.06 bits per heavy atom. The van der Waals surface area contributed by atoms with E-state index in [1.54, 1.807) is 11.6 Å². The first kappa shape index (κ1) is 10.6. The maximum absolute atomic E-state index is 10.1. The number of hydrogen-bond acceptors (Lipinski definition) is 5. The number of nitrogens with zero attached hydrogens (tertiary/aromatic N) is 1. The molecule has 0 saturated heterocycles. The fourth-order valence-electron chi connectivity index (χ4n) is 1.76. The molecule has 3 rings (SSSR count). The molecule has 1 N–H and O–H groups in total. The molecule has 1 aliphatic heterocycles. The highest BCUT2D eigenvalue weighted by atomic mass is 32.1. The van der Waals surface area contributed by atoms with E-state index in [9.17, 15) is 5.11 Å². The summed E-state index contributed by atoms with van der Waals surface area (Å²) in [5.41, 5.74) is 3.13. The second-order valence-electron chi connectivity index (χ2n) is 3.72. The van der Waals surface area contributed by atoms with Crippen LogP contribution in [0.2, 0.25) is 0 Å². The van der Waals surface area contributed by atoms with Crippen LogP contribution < -0.4 is 9.47 Å². The SMILES string of the molecule is OC(c1ccc2c(c1)OCCO2)c1cscn1. The number of thiazole rings is 1. The summed E-state index contributed by atoms with van der Waals surface area (Å²) >= 11 is 1.46. The van der Waals surface area contributed by atoms with Gasteiger partial charge in [-0.1, -0.05) is 6.07 Å². The molecule has 1 unspecified atom stereocenters. The van der Waals surface area contributed by atoms with Gasteiger partial charge in [0.25, 0.3) is 0 Å². The van der Waals surface area contributed by atoms with Crippen molar-refractivity contribution < 1.29 is 14.6 Å². The molecule has 88 valence electrons. The minimum atomic E-state index is -0.711. The first-order valence-electron chi connectivity index (χ1n) is 5.30. The third kappa shape index (κ3) is 1.99. The van der Waals surface area contributed by atoms with E-state index in [2.05, 4.69) is 4.98 Å². The van der Waals surface area contributed by atoms with E-state index in [0.29, 0.717) is 24.7 Å². The van der Waals surface area contributed by atoms with E-state index >= 15 is 0 Å². The largest absolute Gasteiger partial charge is 0.486 e. The molecule has 0 spiro atoms. The molecule has 0 fully saturated rings. The second kappa shape index (κ2) is 4.35. The van der Waals surface area contributed by atoms with Crippen LogP contribution in [0, 0.1) is 0 Å². The summed E-state index contributed by atoms with van der Waals surface area (Å²) in [6.45, 7) is 1.12. The predicted molar refractivity (Wildman–Crippen MR) is 63.6 cm³/mol. The van der Waals surface area contributed by atoms with Crippen molar-refractivity contribution in [2.24, 2.45) is 0 Å². The molecule has 0 amide bonds. The number of benzene rings is 1. The van der Waals surface area contributed by atoms with Crippen LogP contribution in [-0.2, 0) is 0 Å². The lowest BCUT2D eigenvalue weighted by Crippen LogP contribution is -2.15. The number of hydrogen-bond donors (Lipinski definition) is 1. The number of aromatic nitrogens is 1. The predicted octanol–water partition coefficient (Wildman–Crippen LogP) is 2.00. The zero-order valence-corrected chi connectivity index (χ0v) is 9.81. The first-order chi connectivity index (χ1) is 8.34. The zero-order valence-electron chi connectivity index (χ0n) is 9.00. The zero-order chi connectivity index (χ0) is 11.7. The van der Waals surface area contributed by atoms with Crippen LogP contribution in [0.25, 0.3) is 0 Å². The van der Waals surface area contributed by atoms with E-state index in [-0.39, 0.29) is 0 Å². The van der Waals surface area contributed by atoms with Crippen molar-refractivity contribution in [2.75, 3.05) is 13.2 Å². The van der Waals surface area contributed by atoms with Gasteiger partial charge in [-0.2, -0.15) is 0 Å². The van der Waals surface area contributed by atoms with Crippen molar-refractivity contribution in [3.63, 3.8) is 0 Å². The van der Waals surface area contributed by atoms with E-state index < -0.39 is 6.10 Å². The smallest absolute Gasteiger partial charge is 0.161 e. The van der Waals surface area contributed by atoms with E-state index in [1.807, 2.05) is 17.5 Å². The Morgan fingerprint density at radius 1 is 1.24 bits per heavy atom. The van der Waals surface area contributed by atoms with Gasteiger partial charge in [-0.15, -0.1) is 11.3 Å². The van der Waals surface area contributed by atoms with Crippen molar-refractivity contribution in [1.29, 1.82) is 0 Å². The van der Waals surface area contributed by atoms with Gasteiger partial charge in [0, 0.05) is 5.38 Å². The average molecular weight is 249 g/mol. The van der Waals surface area contributed by atoms with Crippen LogP contribution in [0.1, 0.15) is 17.4 Å². The van der Waals surface area contributed by atoms with E-state index in [1.165, 1.54) is 11.3 Å². The van der Waals surface area contributed by atoms with Gasteiger partial charge in [-0.25, -0.2) is 4.98 Å². The second-order valence-corrected chi connectivity index (χ2v) is 4.44. The van der Waals surface area contributed by atoms with Crippen LogP contribution >= 0.6 is 11.3 Å². The average Bonchev–Trinajstić information content (AvgIpc) is 2.91. The maximum atomic E-state index is 10.1. The lowest BCUT2D eigenvalue weighted by atomic mass is 10.1. The summed E-state index contributed by atoms with van der Waals surface area (Å²) in [4.78, 5) is 4.10. The van der Waals surface area contributed by atoms with Crippen molar-refractivity contribution in [1.82, 2.24) is 4.98 Å². The number of rotatable bonds is 2. The molecule has 1 aliphatic rings. The van der Waals surface area contributed by atoms with E-state index in [0.717, 1.165) is 11.3 Å². The van der Waals surface area contributed by atoms with Crippen LogP contribution in [0.4, 0.5) is 0 Å². The molecule has 0 aliphatic carbocycles. The molecule has 2 heterocycles. The van der Waals surface area contributed by atoms with Gasteiger partial charge in [0.2, 0.25) is 0 Å². The number of aliphatic hydroxyl groups is 1. The quantitative estimate of drug-likeness (QED) is 0.884. The third-order valence-electron chi connectivity index (χ3n) is 2.61. The summed E-state index contributed by atoms with van der Waals surface area (Å²) in [5.74, 6) is 1.41. The number of ether oxygens (including phenoxy) is 2. The molecule has 1 aromatic carbocycles. The Labute approximate surface area is 102 Å². The van der Waals surface area contributed by atoms with Crippen molar-refractivity contribution in [3.05, 3.63) is 40.3 Å². The Bertz CT molecular complexity index is 512. The summed E-state index contributed by atoms with van der Waals surface area (Å²) < 4.78 is 10.9. The minimum Gasteiger partial charge on any atom is -0.486 e. The van der Waals surface area contributed by atoms with Gasteiger partial charge in [0.1, 0.15) is 19.3 Å². The fraction of sp³-hybridized carbons (Fsp3) is 0.250. The van der Waals surface area contributed by atoms with Gasteiger partial charge in [0.15, 0.2) is 11.5 Å². The van der Waals surface area contributed by atoms with Crippen molar-refractivity contribution >= 4 is 11.3 Å². The van der Waals surface area contributed by atoms with Gasteiger partial charge >= 0.3 is 0 Å². The fourth-order valence-corrected chi connectivity index (χ4v) is 2.33. The molecular weight excluding hydrogens is 238 g/mol. The molecule has 0 saturated carbocycles. The lowest BCUT2D eigenvalue weighted by molar-refractivity contribution is 0.169. The molecule has 0 radical (unpaired) electrons. The Kier molecular flexibility index (Phi) is 2.70. The van der Waals surface area contributed by atoms with Crippen molar-refractivity contribution in [2.45, 2.75) is 6.10 Å². The van der Waals surface area contributed by atoms with Crippen LogP contribution in [-0.4, -0.2) is 23.3 Å². The highest BCUT2D eigenvalue weighted by molar-refractivity contribution is 7.07. The Morgan fingerprint density at radius 3 is 2.82 bits per heavy atom. The van der Waals surface area contributed by atoms with Gasteiger partial charge in [-0.05, 0) is 17.7 Å². The van der Waals surface area contributed by atoms with Gasteiger partial charge < -0.3 is 14.6 Å². The lowest BCUT2D eigenvalue weighted by Gasteiger charge is -2.19. The topological polar surface area (TPSA) is 51.6 Å². The molecule has 4 nitrogen and oxygen atoms in total. The van der Waals surface area contributed by atoms with Crippen LogP contribution in [0.3, 0.4) is 0 Å². The molecule has 0 bridgehead atoms. The molecule has 5 heteroatoms. The minimum absolute atomic E-state index is 0.545. The molecule has 1 aromatic heterocycles. The van der Waals surface area contributed by atoms with Crippen molar-refractivity contribution in [3.8, 4) is 11.5 Å².